The van der Waals surface area contributed by atoms with Crippen molar-refractivity contribution in [2.45, 2.75) is 18.9 Å². The second kappa shape index (κ2) is 6.89. The Kier molecular flexibility index (Phi) is 4.46. The molecule has 1 N–H and O–H groups in total. The molecule has 0 saturated carbocycles. The van der Waals surface area contributed by atoms with Gasteiger partial charge < -0.3 is 19.5 Å². The molecule has 2 aromatic heterocycles. The van der Waals surface area contributed by atoms with E-state index in [1.165, 1.54) is 0 Å². The Bertz CT molecular complexity index is 870. The van der Waals surface area contributed by atoms with Crippen LogP contribution in [0.25, 0.3) is 16.2 Å². The predicted molar refractivity (Wildman–Crippen MR) is 96.9 cm³/mol. The SMILES string of the molecule is COc1ccc(-c2cnc3sc(NC4CCOCC4)nn23)cc1OC. The highest BCUT2D eigenvalue weighted by molar-refractivity contribution is 7.20. The maximum atomic E-state index is 5.40. The standard InChI is InChI=1S/C17H20N4O3S/c1-22-14-4-3-11(9-15(14)23-2)13-10-18-17-21(13)20-16(25-17)19-12-5-7-24-8-6-12/h3-4,9-10,12H,5-8H2,1-2H3,(H,19,20). The molecule has 0 atom stereocenters. The molecule has 1 aromatic carbocycles. The van der Waals surface area contributed by atoms with E-state index in [0.717, 1.165) is 47.4 Å². The first-order valence-corrected chi connectivity index (χ1v) is 9.01. The monoisotopic (exact) mass is 360 g/mol. The average Bonchev–Trinajstić information content (AvgIpc) is 3.22. The molecule has 7 nitrogen and oxygen atoms in total. The lowest BCUT2D eigenvalue weighted by Crippen LogP contribution is -2.27. The molecule has 25 heavy (non-hydrogen) atoms. The van der Waals surface area contributed by atoms with Gasteiger partial charge in [-0.15, -0.1) is 5.10 Å². The third-order valence-corrected chi connectivity index (χ3v) is 5.17. The van der Waals surface area contributed by atoms with Crippen molar-refractivity contribution in [2.75, 3.05) is 32.8 Å². The van der Waals surface area contributed by atoms with Crippen molar-refractivity contribution in [1.29, 1.82) is 0 Å². The number of anilines is 1. The van der Waals surface area contributed by atoms with Crippen LogP contribution in [0.15, 0.2) is 24.4 Å². The van der Waals surface area contributed by atoms with E-state index in [4.69, 9.17) is 14.2 Å². The van der Waals surface area contributed by atoms with Gasteiger partial charge in [-0.3, -0.25) is 0 Å². The number of hydrogen-bond donors (Lipinski definition) is 1. The lowest BCUT2D eigenvalue weighted by molar-refractivity contribution is 0.0904. The van der Waals surface area contributed by atoms with Crippen molar-refractivity contribution in [3.05, 3.63) is 24.4 Å². The van der Waals surface area contributed by atoms with Crippen LogP contribution in [0, 0.1) is 0 Å². The molecule has 0 amide bonds. The highest BCUT2D eigenvalue weighted by Crippen LogP contribution is 2.33. The number of fused-ring (bicyclic) bond motifs is 1. The van der Waals surface area contributed by atoms with Crippen molar-refractivity contribution >= 4 is 21.4 Å². The molecule has 0 aliphatic carbocycles. The van der Waals surface area contributed by atoms with E-state index in [1.54, 1.807) is 25.6 Å². The number of benzene rings is 1. The lowest BCUT2D eigenvalue weighted by Gasteiger charge is -2.22. The maximum absolute atomic E-state index is 5.40. The van der Waals surface area contributed by atoms with Gasteiger partial charge in [-0.05, 0) is 31.0 Å². The van der Waals surface area contributed by atoms with Gasteiger partial charge in [0.05, 0.1) is 26.1 Å². The first kappa shape index (κ1) is 16.2. The molecule has 1 saturated heterocycles. The number of ether oxygens (including phenoxy) is 3. The van der Waals surface area contributed by atoms with E-state index >= 15 is 0 Å². The van der Waals surface area contributed by atoms with Gasteiger partial charge in [-0.1, -0.05) is 11.3 Å². The van der Waals surface area contributed by atoms with Crippen molar-refractivity contribution < 1.29 is 14.2 Å². The van der Waals surface area contributed by atoms with Crippen LogP contribution >= 0.6 is 11.3 Å². The normalized spacial score (nSPS) is 15.4. The van der Waals surface area contributed by atoms with E-state index in [2.05, 4.69) is 15.4 Å². The summed E-state index contributed by atoms with van der Waals surface area (Å²) in [6.45, 7) is 1.61. The minimum atomic E-state index is 0.411. The smallest absolute Gasteiger partial charge is 0.214 e. The van der Waals surface area contributed by atoms with Crippen LogP contribution in [-0.4, -0.2) is 48.1 Å². The van der Waals surface area contributed by atoms with Gasteiger partial charge in [-0.25, -0.2) is 9.50 Å². The van der Waals surface area contributed by atoms with Crippen molar-refractivity contribution in [1.82, 2.24) is 14.6 Å². The summed E-state index contributed by atoms with van der Waals surface area (Å²) in [4.78, 5) is 5.35. The highest BCUT2D eigenvalue weighted by atomic mass is 32.1. The largest absolute Gasteiger partial charge is 0.493 e. The molecule has 4 rings (SSSR count). The quantitative estimate of drug-likeness (QED) is 0.754. The Morgan fingerprint density at radius 1 is 1.20 bits per heavy atom. The lowest BCUT2D eigenvalue weighted by atomic mass is 10.1. The molecule has 0 bridgehead atoms. The fraction of sp³-hybridized carbons (Fsp3) is 0.412. The summed E-state index contributed by atoms with van der Waals surface area (Å²) in [6.07, 6.45) is 3.84. The van der Waals surface area contributed by atoms with Crippen LogP contribution < -0.4 is 14.8 Å². The van der Waals surface area contributed by atoms with Gasteiger partial charge in [0, 0.05) is 24.8 Å². The predicted octanol–water partition coefficient (Wildman–Crippen LogP) is 3.07. The van der Waals surface area contributed by atoms with Gasteiger partial charge in [-0.2, -0.15) is 0 Å². The third-order valence-electron chi connectivity index (χ3n) is 4.31. The molecule has 132 valence electrons. The third kappa shape index (κ3) is 3.14. The fourth-order valence-electron chi connectivity index (χ4n) is 2.96. The number of nitrogens with one attached hydrogen (secondary N) is 1. The fourth-order valence-corrected chi connectivity index (χ4v) is 3.81. The second-order valence-electron chi connectivity index (χ2n) is 5.85. The average molecular weight is 360 g/mol. The Hall–Kier alpha value is -2.32. The van der Waals surface area contributed by atoms with Crippen LogP contribution in [0.3, 0.4) is 0 Å². The first-order valence-electron chi connectivity index (χ1n) is 8.19. The Labute approximate surface area is 149 Å². The summed E-state index contributed by atoms with van der Waals surface area (Å²) in [5.74, 6) is 1.39. The summed E-state index contributed by atoms with van der Waals surface area (Å²) in [5, 5.41) is 9.07. The van der Waals surface area contributed by atoms with E-state index in [0.29, 0.717) is 17.5 Å². The van der Waals surface area contributed by atoms with Crippen molar-refractivity contribution in [3.63, 3.8) is 0 Å². The summed E-state index contributed by atoms with van der Waals surface area (Å²) in [5.41, 5.74) is 1.90. The molecule has 3 heterocycles. The molecule has 0 radical (unpaired) electrons. The van der Waals surface area contributed by atoms with E-state index in [9.17, 15) is 0 Å². The number of nitrogens with zero attached hydrogens (tertiary/aromatic N) is 3. The molecule has 0 spiro atoms. The Morgan fingerprint density at radius 2 is 2.00 bits per heavy atom. The number of methoxy groups -OCH3 is 2. The van der Waals surface area contributed by atoms with Gasteiger partial charge >= 0.3 is 0 Å². The molecule has 3 aromatic rings. The molecule has 0 unspecified atom stereocenters. The van der Waals surface area contributed by atoms with Crippen LogP contribution in [0.1, 0.15) is 12.8 Å². The number of aromatic nitrogens is 3. The summed E-state index contributed by atoms with van der Waals surface area (Å²) < 4.78 is 18.0. The minimum absolute atomic E-state index is 0.411. The van der Waals surface area contributed by atoms with Gasteiger partial charge in [0.25, 0.3) is 0 Å². The van der Waals surface area contributed by atoms with Crippen molar-refractivity contribution in [3.8, 4) is 22.8 Å². The number of rotatable bonds is 5. The maximum Gasteiger partial charge on any atom is 0.214 e. The van der Waals surface area contributed by atoms with Crippen LogP contribution in [0.2, 0.25) is 0 Å². The topological polar surface area (TPSA) is 69.9 Å². The summed E-state index contributed by atoms with van der Waals surface area (Å²) in [6, 6.07) is 6.22. The Balaban J connectivity index is 1.64. The van der Waals surface area contributed by atoms with E-state index < -0.39 is 0 Å². The zero-order valence-electron chi connectivity index (χ0n) is 14.2. The van der Waals surface area contributed by atoms with Crippen LogP contribution in [0.4, 0.5) is 5.13 Å². The van der Waals surface area contributed by atoms with Gasteiger partial charge in [0.1, 0.15) is 0 Å². The minimum Gasteiger partial charge on any atom is -0.493 e. The van der Waals surface area contributed by atoms with E-state index in [-0.39, 0.29) is 0 Å². The van der Waals surface area contributed by atoms with Gasteiger partial charge in [0.2, 0.25) is 10.1 Å². The van der Waals surface area contributed by atoms with Crippen LogP contribution in [0.5, 0.6) is 11.5 Å². The zero-order valence-corrected chi connectivity index (χ0v) is 15.0. The number of imidazole rings is 1. The second-order valence-corrected chi connectivity index (χ2v) is 6.80. The van der Waals surface area contributed by atoms with Crippen molar-refractivity contribution in [2.24, 2.45) is 0 Å². The molecular weight excluding hydrogens is 340 g/mol. The molecule has 8 heteroatoms. The first-order chi connectivity index (χ1) is 12.3. The zero-order chi connectivity index (χ0) is 17.2. The van der Waals surface area contributed by atoms with Crippen LogP contribution in [-0.2, 0) is 4.74 Å². The van der Waals surface area contributed by atoms with E-state index in [1.807, 2.05) is 28.9 Å². The summed E-state index contributed by atoms with van der Waals surface area (Å²) in [7, 11) is 3.26. The molecule has 1 aliphatic heterocycles. The molecule has 1 aliphatic rings. The van der Waals surface area contributed by atoms with Gasteiger partial charge in [0.15, 0.2) is 11.5 Å². The highest BCUT2D eigenvalue weighted by Gasteiger charge is 2.18. The Morgan fingerprint density at radius 3 is 2.76 bits per heavy atom. The molecule has 1 fully saturated rings. The summed E-state index contributed by atoms with van der Waals surface area (Å²) >= 11 is 1.56. The molecular formula is C17H20N4O3S. The number of hydrogen-bond acceptors (Lipinski definition) is 7.